The molecule has 1 aliphatic rings. The maximum atomic E-state index is 10.2. The third-order valence-corrected chi connectivity index (χ3v) is 5.16. The Bertz CT molecular complexity index is 582. The van der Waals surface area contributed by atoms with Gasteiger partial charge in [-0.15, -0.1) is 11.3 Å². The van der Waals surface area contributed by atoms with Crippen molar-refractivity contribution in [2.45, 2.75) is 18.6 Å². The Labute approximate surface area is 126 Å². The number of hydrogen-bond acceptors (Lipinski definition) is 3. The summed E-state index contributed by atoms with van der Waals surface area (Å²) in [6.07, 6.45) is 0.0539. The number of aliphatic hydroxyl groups is 1. The Morgan fingerprint density at radius 1 is 1.22 bits per heavy atom. The molecule has 2 aromatic rings. The fourth-order valence-electron chi connectivity index (χ4n) is 2.09. The van der Waals surface area contributed by atoms with E-state index in [0.717, 1.165) is 24.4 Å². The van der Waals surface area contributed by atoms with Crippen LogP contribution in [-0.4, -0.2) is 5.11 Å². The maximum absolute atomic E-state index is 10.2. The molecule has 0 spiro atoms. The molecule has 0 radical (unpaired) electrons. The Balaban J connectivity index is 1.94. The number of ether oxygens (including phenoxy) is 1. The van der Waals surface area contributed by atoms with Crippen molar-refractivity contribution in [2.75, 3.05) is 0 Å². The van der Waals surface area contributed by atoms with Gasteiger partial charge in [0.15, 0.2) is 0 Å². The highest BCUT2D eigenvalue weighted by Gasteiger charge is 2.28. The molecule has 1 N–H and O–H groups in total. The average molecular weight is 390 g/mol. The van der Waals surface area contributed by atoms with Crippen LogP contribution >= 0.6 is 43.2 Å². The molecule has 2 heterocycles. The first kappa shape index (κ1) is 12.7. The van der Waals surface area contributed by atoms with Gasteiger partial charge in [-0.3, -0.25) is 0 Å². The van der Waals surface area contributed by atoms with Crippen LogP contribution in [0.1, 0.15) is 29.1 Å². The molecule has 3 rings (SSSR count). The number of halogens is 2. The lowest BCUT2D eigenvalue weighted by atomic mass is 9.98. The fraction of sp³-hybridized carbons (Fsp3) is 0.231. The van der Waals surface area contributed by atoms with Crippen LogP contribution in [0.15, 0.2) is 38.6 Å². The van der Waals surface area contributed by atoms with E-state index in [1.54, 1.807) is 11.3 Å². The van der Waals surface area contributed by atoms with Crippen LogP contribution in [0.25, 0.3) is 0 Å². The number of hydrogen-bond donors (Lipinski definition) is 1. The Morgan fingerprint density at radius 3 is 2.78 bits per heavy atom. The largest absolute Gasteiger partial charge is 0.484 e. The molecule has 1 aromatic carbocycles. The minimum absolute atomic E-state index is 0.0648. The molecule has 2 unspecified atom stereocenters. The first-order valence-corrected chi connectivity index (χ1v) is 7.93. The average Bonchev–Trinajstić information content (AvgIpc) is 2.77. The zero-order valence-corrected chi connectivity index (χ0v) is 13.3. The van der Waals surface area contributed by atoms with Crippen LogP contribution in [0.2, 0.25) is 0 Å². The van der Waals surface area contributed by atoms with Gasteiger partial charge in [0.1, 0.15) is 11.9 Å². The van der Waals surface area contributed by atoms with Crippen molar-refractivity contribution in [3.05, 3.63) is 49.0 Å². The van der Waals surface area contributed by atoms with E-state index in [2.05, 4.69) is 31.9 Å². The first-order valence-electron chi connectivity index (χ1n) is 5.53. The smallest absolute Gasteiger partial charge is 0.136 e. The molecule has 18 heavy (non-hydrogen) atoms. The van der Waals surface area contributed by atoms with Crippen LogP contribution in [0, 0.1) is 0 Å². The molecular formula is C13H10Br2O2S. The second kappa shape index (κ2) is 4.96. The van der Waals surface area contributed by atoms with E-state index in [0.29, 0.717) is 6.42 Å². The lowest BCUT2D eigenvalue weighted by molar-refractivity contribution is 0.0674. The van der Waals surface area contributed by atoms with Crippen LogP contribution < -0.4 is 4.74 Å². The summed E-state index contributed by atoms with van der Waals surface area (Å²) in [5.41, 5.74) is 0.858. The Kier molecular flexibility index (Phi) is 3.49. The SMILES string of the molecule is OC1CC(c2ccc(Br)s2)Oc2ccc(Br)cc21. The zero-order chi connectivity index (χ0) is 12.7. The summed E-state index contributed by atoms with van der Waals surface area (Å²) < 4.78 is 8.01. The Morgan fingerprint density at radius 2 is 2.06 bits per heavy atom. The molecule has 0 saturated heterocycles. The van der Waals surface area contributed by atoms with Crippen LogP contribution in [0.4, 0.5) is 0 Å². The topological polar surface area (TPSA) is 29.5 Å². The van der Waals surface area contributed by atoms with Crippen molar-refractivity contribution in [1.82, 2.24) is 0 Å². The van der Waals surface area contributed by atoms with E-state index < -0.39 is 6.10 Å². The summed E-state index contributed by atoms with van der Waals surface area (Å²) in [6, 6.07) is 9.79. The quantitative estimate of drug-likeness (QED) is 0.756. The van der Waals surface area contributed by atoms with Gasteiger partial charge in [-0.2, -0.15) is 0 Å². The predicted octanol–water partition coefficient (Wildman–Crippen LogP) is 4.83. The zero-order valence-electron chi connectivity index (χ0n) is 9.27. The molecule has 0 aliphatic carbocycles. The van der Waals surface area contributed by atoms with Crippen molar-refractivity contribution in [2.24, 2.45) is 0 Å². The van der Waals surface area contributed by atoms with Gasteiger partial charge < -0.3 is 9.84 Å². The van der Waals surface area contributed by atoms with Gasteiger partial charge in [-0.25, -0.2) is 0 Å². The number of benzene rings is 1. The lowest BCUT2D eigenvalue weighted by Gasteiger charge is -2.29. The summed E-state index contributed by atoms with van der Waals surface area (Å²) in [6.45, 7) is 0. The molecule has 94 valence electrons. The summed E-state index contributed by atoms with van der Waals surface area (Å²) in [4.78, 5) is 1.13. The molecule has 0 amide bonds. The monoisotopic (exact) mass is 388 g/mol. The molecule has 0 saturated carbocycles. The van der Waals surface area contributed by atoms with E-state index in [1.165, 1.54) is 0 Å². The number of fused-ring (bicyclic) bond motifs is 1. The maximum Gasteiger partial charge on any atom is 0.136 e. The van der Waals surface area contributed by atoms with Gasteiger partial charge >= 0.3 is 0 Å². The highest BCUT2D eigenvalue weighted by Crippen LogP contribution is 2.43. The second-order valence-corrected chi connectivity index (χ2v) is 7.59. The summed E-state index contributed by atoms with van der Waals surface area (Å²) >= 11 is 8.51. The Hall–Kier alpha value is -0.360. The minimum atomic E-state index is -0.475. The summed E-state index contributed by atoms with van der Waals surface area (Å²) in [7, 11) is 0. The van der Waals surface area contributed by atoms with Crippen molar-refractivity contribution in [3.8, 4) is 5.75 Å². The van der Waals surface area contributed by atoms with Gasteiger partial charge in [-0.05, 0) is 46.3 Å². The van der Waals surface area contributed by atoms with Gasteiger partial charge in [-0.1, -0.05) is 15.9 Å². The van der Waals surface area contributed by atoms with Crippen molar-refractivity contribution in [3.63, 3.8) is 0 Å². The van der Waals surface area contributed by atoms with E-state index in [-0.39, 0.29) is 6.10 Å². The van der Waals surface area contributed by atoms with E-state index in [1.807, 2.05) is 30.3 Å². The molecule has 5 heteroatoms. The first-order chi connectivity index (χ1) is 8.63. The minimum Gasteiger partial charge on any atom is -0.484 e. The van der Waals surface area contributed by atoms with E-state index >= 15 is 0 Å². The van der Waals surface area contributed by atoms with Crippen LogP contribution in [0.3, 0.4) is 0 Å². The predicted molar refractivity (Wildman–Crippen MR) is 79.1 cm³/mol. The van der Waals surface area contributed by atoms with Crippen molar-refractivity contribution < 1.29 is 9.84 Å². The number of thiophene rings is 1. The number of aliphatic hydroxyl groups excluding tert-OH is 1. The summed E-state index contributed by atoms with van der Waals surface area (Å²) in [5, 5.41) is 10.2. The highest BCUT2D eigenvalue weighted by molar-refractivity contribution is 9.11. The summed E-state index contributed by atoms with van der Waals surface area (Å²) in [5.74, 6) is 0.770. The third-order valence-electron chi connectivity index (χ3n) is 2.95. The molecule has 0 fully saturated rings. The lowest BCUT2D eigenvalue weighted by Crippen LogP contribution is -2.18. The van der Waals surface area contributed by atoms with Gasteiger partial charge in [0.05, 0.1) is 9.89 Å². The van der Waals surface area contributed by atoms with Crippen LogP contribution in [0.5, 0.6) is 5.75 Å². The number of rotatable bonds is 1. The van der Waals surface area contributed by atoms with E-state index in [9.17, 15) is 5.11 Å². The fourth-order valence-corrected chi connectivity index (χ4v) is 3.94. The molecule has 1 aromatic heterocycles. The van der Waals surface area contributed by atoms with Crippen molar-refractivity contribution in [1.29, 1.82) is 0 Å². The third kappa shape index (κ3) is 2.37. The molecule has 1 aliphatic heterocycles. The van der Waals surface area contributed by atoms with E-state index in [4.69, 9.17) is 4.74 Å². The second-order valence-electron chi connectivity index (χ2n) is 4.18. The molecular weight excluding hydrogens is 380 g/mol. The molecule has 0 bridgehead atoms. The van der Waals surface area contributed by atoms with Crippen molar-refractivity contribution >= 4 is 43.2 Å². The highest BCUT2D eigenvalue weighted by atomic mass is 79.9. The van der Waals surface area contributed by atoms with Gasteiger partial charge in [0.2, 0.25) is 0 Å². The molecule has 2 nitrogen and oxygen atoms in total. The normalized spacial score (nSPS) is 22.4. The van der Waals surface area contributed by atoms with Gasteiger partial charge in [0.25, 0.3) is 0 Å². The standard InChI is InChI=1S/C13H10Br2O2S/c14-7-1-2-10-8(5-7)9(16)6-11(17-10)12-3-4-13(15)18-12/h1-5,9,11,16H,6H2. The van der Waals surface area contributed by atoms with Crippen LogP contribution in [-0.2, 0) is 0 Å². The van der Waals surface area contributed by atoms with Gasteiger partial charge in [0, 0.05) is 21.3 Å². The molecule has 2 atom stereocenters.